The average molecular weight is 386 g/mol. The summed E-state index contributed by atoms with van der Waals surface area (Å²) >= 11 is 0. The number of nitro groups is 1. The second-order valence-corrected chi connectivity index (χ2v) is 6.47. The van der Waals surface area contributed by atoms with Gasteiger partial charge < -0.3 is 14.8 Å². The van der Waals surface area contributed by atoms with Gasteiger partial charge in [0.15, 0.2) is 6.61 Å². The van der Waals surface area contributed by atoms with E-state index in [0.717, 1.165) is 5.56 Å². The lowest BCUT2D eigenvalue weighted by atomic mass is 10.1. The predicted molar refractivity (Wildman–Crippen MR) is 104 cm³/mol. The van der Waals surface area contributed by atoms with Crippen LogP contribution in [-0.2, 0) is 9.53 Å². The Morgan fingerprint density at radius 3 is 2.32 bits per heavy atom. The molecule has 1 amide bonds. The summed E-state index contributed by atoms with van der Waals surface area (Å²) in [5, 5.41) is 13.6. The van der Waals surface area contributed by atoms with Crippen molar-refractivity contribution in [2.45, 2.75) is 33.8 Å². The zero-order chi connectivity index (χ0) is 20.8. The molecule has 0 unspecified atom stereocenters. The van der Waals surface area contributed by atoms with Crippen molar-refractivity contribution in [1.82, 2.24) is 0 Å². The molecule has 28 heavy (non-hydrogen) atoms. The van der Waals surface area contributed by atoms with E-state index in [9.17, 15) is 19.7 Å². The number of benzene rings is 2. The molecule has 2 aromatic carbocycles. The van der Waals surface area contributed by atoms with Gasteiger partial charge >= 0.3 is 5.97 Å². The molecular weight excluding hydrogens is 364 g/mol. The number of nitro benzene ring substituents is 1. The number of nitrogens with one attached hydrogen (secondary N) is 1. The van der Waals surface area contributed by atoms with E-state index in [4.69, 9.17) is 9.47 Å². The van der Waals surface area contributed by atoms with Crippen molar-refractivity contribution in [3.8, 4) is 5.75 Å². The average Bonchev–Trinajstić information content (AvgIpc) is 2.63. The van der Waals surface area contributed by atoms with Gasteiger partial charge in [0, 0.05) is 6.07 Å². The van der Waals surface area contributed by atoms with Crippen molar-refractivity contribution in [2.24, 2.45) is 0 Å². The first-order chi connectivity index (χ1) is 13.2. The number of carbonyl (C=O) groups is 2. The Morgan fingerprint density at radius 2 is 1.75 bits per heavy atom. The van der Waals surface area contributed by atoms with Crippen LogP contribution < -0.4 is 10.1 Å². The molecule has 0 aliphatic rings. The highest BCUT2D eigenvalue weighted by Crippen LogP contribution is 2.30. The fourth-order valence-electron chi connectivity index (χ4n) is 2.44. The van der Waals surface area contributed by atoms with E-state index in [-0.39, 0.29) is 23.0 Å². The molecule has 0 aliphatic heterocycles. The molecule has 2 rings (SSSR count). The first-order valence-electron chi connectivity index (χ1n) is 8.67. The number of ether oxygens (including phenoxy) is 2. The third-order valence-electron chi connectivity index (χ3n) is 3.97. The van der Waals surface area contributed by atoms with E-state index in [1.807, 2.05) is 13.8 Å². The molecule has 0 spiro atoms. The summed E-state index contributed by atoms with van der Waals surface area (Å²) in [5.74, 6) is -0.724. The van der Waals surface area contributed by atoms with Gasteiger partial charge in [-0.2, -0.15) is 0 Å². The van der Waals surface area contributed by atoms with Gasteiger partial charge in [-0.25, -0.2) is 4.79 Å². The molecule has 0 radical (unpaired) electrons. The maximum atomic E-state index is 12.1. The summed E-state index contributed by atoms with van der Waals surface area (Å²) in [6.07, 6.45) is 0.00985. The number of esters is 1. The maximum Gasteiger partial charge on any atom is 0.338 e. The smallest absolute Gasteiger partial charge is 0.338 e. The van der Waals surface area contributed by atoms with Gasteiger partial charge in [0.05, 0.1) is 16.6 Å². The number of anilines is 1. The maximum absolute atomic E-state index is 12.1. The van der Waals surface area contributed by atoms with E-state index >= 15 is 0 Å². The Balaban J connectivity index is 2.00. The first kappa shape index (κ1) is 20.9. The molecule has 1 N–H and O–H groups in total. The standard InChI is InChI=1S/C20H22N2O6/c1-12(2)28-16-8-6-15(7-9-16)20(24)27-11-18(23)21-19-14(4)13(3)5-10-17(19)22(25)26/h5-10,12H,11H2,1-4H3,(H,21,23). The summed E-state index contributed by atoms with van der Waals surface area (Å²) < 4.78 is 10.5. The Labute approximate surface area is 162 Å². The summed E-state index contributed by atoms with van der Waals surface area (Å²) in [6, 6.07) is 9.27. The van der Waals surface area contributed by atoms with Crippen molar-refractivity contribution in [2.75, 3.05) is 11.9 Å². The van der Waals surface area contributed by atoms with Crippen LogP contribution in [-0.4, -0.2) is 29.5 Å². The van der Waals surface area contributed by atoms with Crippen molar-refractivity contribution in [1.29, 1.82) is 0 Å². The highest BCUT2D eigenvalue weighted by molar-refractivity contribution is 5.97. The summed E-state index contributed by atoms with van der Waals surface area (Å²) in [4.78, 5) is 34.8. The molecule has 0 heterocycles. The minimum Gasteiger partial charge on any atom is -0.491 e. The van der Waals surface area contributed by atoms with Crippen molar-refractivity contribution in [3.05, 3.63) is 63.2 Å². The van der Waals surface area contributed by atoms with Crippen LogP contribution in [0.1, 0.15) is 35.3 Å². The molecule has 0 bridgehead atoms. The fourth-order valence-corrected chi connectivity index (χ4v) is 2.44. The minimum atomic E-state index is -0.679. The van der Waals surface area contributed by atoms with Crippen LogP contribution in [0.25, 0.3) is 0 Å². The molecule has 8 nitrogen and oxygen atoms in total. The van der Waals surface area contributed by atoms with Gasteiger partial charge in [-0.05, 0) is 63.1 Å². The molecule has 0 atom stereocenters. The quantitative estimate of drug-likeness (QED) is 0.441. The third-order valence-corrected chi connectivity index (χ3v) is 3.97. The molecule has 148 valence electrons. The van der Waals surface area contributed by atoms with Crippen LogP contribution in [0.15, 0.2) is 36.4 Å². The molecule has 0 fully saturated rings. The first-order valence-corrected chi connectivity index (χ1v) is 8.67. The second-order valence-electron chi connectivity index (χ2n) is 6.47. The van der Waals surface area contributed by atoms with Crippen LogP contribution in [0.2, 0.25) is 0 Å². The molecule has 0 aromatic heterocycles. The van der Waals surface area contributed by atoms with E-state index < -0.39 is 23.4 Å². The van der Waals surface area contributed by atoms with Gasteiger partial charge in [-0.1, -0.05) is 6.07 Å². The number of hydrogen-bond acceptors (Lipinski definition) is 6. The lowest BCUT2D eigenvalue weighted by molar-refractivity contribution is -0.384. The fraction of sp³-hybridized carbons (Fsp3) is 0.300. The van der Waals surface area contributed by atoms with Gasteiger partial charge in [-0.3, -0.25) is 14.9 Å². The number of carbonyl (C=O) groups excluding carboxylic acids is 2. The monoisotopic (exact) mass is 386 g/mol. The molecule has 0 saturated carbocycles. The normalized spacial score (nSPS) is 10.5. The molecule has 8 heteroatoms. The van der Waals surface area contributed by atoms with E-state index in [1.54, 1.807) is 32.0 Å². The van der Waals surface area contributed by atoms with Crippen LogP contribution in [0.4, 0.5) is 11.4 Å². The molecule has 2 aromatic rings. The van der Waals surface area contributed by atoms with Gasteiger partial charge in [0.2, 0.25) is 0 Å². The van der Waals surface area contributed by atoms with Crippen molar-refractivity contribution in [3.63, 3.8) is 0 Å². The summed E-state index contributed by atoms with van der Waals surface area (Å²) in [5.41, 5.74) is 1.52. The lowest BCUT2D eigenvalue weighted by Gasteiger charge is -2.12. The Hall–Kier alpha value is -3.42. The van der Waals surface area contributed by atoms with E-state index in [2.05, 4.69) is 5.32 Å². The van der Waals surface area contributed by atoms with Crippen molar-refractivity contribution >= 4 is 23.3 Å². The third kappa shape index (κ3) is 5.29. The second kappa shape index (κ2) is 8.98. The van der Waals surface area contributed by atoms with Gasteiger partial charge in [0.1, 0.15) is 11.4 Å². The minimum absolute atomic E-state index is 0.00985. The molecule has 0 saturated heterocycles. The van der Waals surface area contributed by atoms with E-state index in [1.165, 1.54) is 18.2 Å². The topological polar surface area (TPSA) is 108 Å². The number of aryl methyl sites for hydroxylation is 1. The Kier molecular flexibility index (Phi) is 6.70. The van der Waals surface area contributed by atoms with Crippen LogP contribution in [0.3, 0.4) is 0 Å². The lowest BCUT2D eigenvalue weighted by Crippen LogP contribution is -2.22. The summed E-state index contributed by atoms with van der Waals surface area (Å²) in [6.45, 7) is 6.67. The van der Waals surface area contributed by atoms with Gasteiger partial charge in [0.25, 0.3) is 11.6 Å². The highest BCUT2D eigenvalue weighted by atomic mass is 16.6. The SMILES string of the molecule is Cc1ccc([N+](=O)[O-])c(NC(=O)COC(=O)c2ccc(OC(C)C)cc2)c1C. The van der Waals surface area contributed by atoms with Gasteiger partial charge in [-0.15, -0.1) is 0 Å². The van der Waals surface area contributed by atoms with Crippen LogP contribution in [0.5, 0.6) is 5.75 Å². The Bertz CT molecular complexity index is 890. The predicted octanol–water partition coefficient (Wildman–Crippen LogP) is 3.79. The van der Waals surface area contributed by atoms with Crippen LogP contribution in [0, 0.1) is 24.0 Å². The largest absolute Gasteiger partial charge is 0.491 e. The number of nitrogens with zero attached hydrogens (tertiary/aromatic N) is 1. The molecular formula is C20H22N2O6. The Morgan fingerprint density at radius 1 is 1.11 bits per heavy atom. The number of rotatable bonds is 7. The highest BCUT2D eigenvalue weighted by Gasteiger charge is 2.20. The summed E-state index contributed by atoms with van der Waals surface area (Å²) in [7, 11) is 0. The van der Waals surface area contributed by atoms with Crippen LogP contribution >= 0.6 is 0 Å². The molecule has 0 aliphatic carbocycles. The number of hydrogen-bond donors (Lipinski definition) is 1. The number of amides is 1. The zero-order valence-corrected chi connectivity index (χ0v) is 16.1. The zero-order valence-electron chi connectivity index (χ0n) is 16.1. The van der Waals surface area contributed by atoms with E-state index in [0.29, 0.717) is 11.3 Å². The van der Waals surface area contributed by atoms with Crippen molar-refractivity contribution < 1.29 is 24.0 Å².